The lowest BCUT2D eigenvalue weighted by atomic mass is 9.96. The molecule has 1 aliphatic carbocycles. The molecule has 5 nitrogen and oxygen atoms in total. The van der Waals surface area contributed by atoms with Crippen LogP contribution in [0.25, 0.3) is 0 Å². The molecule has 1 amide bonds. The number of carboxylic acid groups (broad SMARTS) is 1. The van der Waals surface area contributed by atoms with E-state index in [1.54, 1.807) is 12.0 Å². The van der Waals surface area contributed by atoms with Crippen molar-refractivity contribution < 1.29 is 19.4 Å². The minimum absolute atomic E-state index is 0.238. The maximum atomic E-state index is 12.4. The SMILES string of the molecule is COc1cccc2c1CCN(C(=O)C1(C(=O)O)CC1)C2. The van der Waals surface area contributed by atoms with E-state index in [2.05, 4.69) is 0 Å². The Hall–Kier alpha value is -2.04. The van der Waals surface area contributed by atoms with Crippen molar-refractivity contribution in [3.8, 4) is 5.75 Å². The third-order valence-electron chi connectivity index (χ3n) is 4.30. The van der Waals surface area contributed by atoms with E-state index in [0.717, 1.165) is 16.9 Å². The lowest BCUT2D eigenvalue weighted by Gasteiger charge is -2.31. The van der Waals surface area contributed by atoms with E-state index in [0.29, 0.717) is 32.4 Å². The number of rotatable bonds is 3. The second-order valence-electron chi connectivity index (χ2n) is 5.46. The number of aliphatic carboxylic acids is 1. The van der Waals surface area contributed by atoms with Gasteiger partial charge >= 0.3 is 5.97 Å². The second-order valence-corrected chi connectivity index (χ2v) is 5.46. The summed E-state index contributed by atoms with van der Waals surface area (Å²) in [5.74, 6) is -0.383. The zero-order valence-electron chi connectivity index (χ0n) is 11.4. The number of benzene rings is 1. The normalized spacial score (nSPS) is 19.1. The van der Waals surface area contributed by atoms with Crippen molar-refractivity contribution in [2.24, 2.45) is 5.41 Å². The van der Waals surface area contributed by atoms with E-state index in [4.69, 9.17) is 4.74 Å². The van der Waals surface area contributed by atoms with Crippen molar-refractivity contribution in [3.05, 3.63) is 29.3 Å². The van der Waals surface area contributed by atoms with Crippen LogP contribution in [0.2, 0.25) is 0 Å². The standard InChI is InChI=1S/C15H17NO4/c1-20-12-4-2-3-10-9-16(8-5-11(10)12)13(17)15(6-7-15)14(18)19/h2-4H,5-9H2,1H3,(H,18,19). The van der Waals surface area contributed by atoms with Crippen molar-refractivity contribution in [2.75, 3.05) is 13.7 Å². The van der Waals surface area contributed by atoms with Gasteiger partial charge in [0.25, 0.3) is 0 Å². The van der Waals surface area contributed by atoms with Crippen LogP contribution in [0.15, 0.2) is 18.2 Å². The zero-order chi connectivity index (χ0) is 14.3. The molecular formula is C15H17NO4. The van der Waals surface area contributed by atoms with Crippen LogP contribution in [0.5, 0.6) is 5.75 Å². The molecule has 0 aromatic heterocycles. The van der Waals surface area contributed by atoms with Gasteiger partial charge in [0, 0.05) is 18.7 Å². The summed E-state index contributed by atoms with van der Waals surface area (Å²) < 4.78 is 5.33. The van der Waals surface area contributed by atoms with E-state index < -0.39 is 11.4 Å². The number of carboxylic acids is 1. The Kier molecular flexibility index (Phi) is 2.92. The quantitative estimate of drug-likeness (QED) is 0.848. The van der Waals surface area contributed by atoms with Gasteiger partial charge in [-0.05, 0) is 30.9 Å². The maximum absolute atomic E-state index is 12.4. The summed E-state index contributed by atoms with van der Waals surface area (Å²) in [5, 5.41) is 9.21. The van der Waals surface area contributed by atoms with Crippen molar-refractivity contribution in [2.45, 2.75) is 25.8 Å². The van der Waals surface area contributed by atoms with Crippen molar-refractivity contribution in [1.29, 1.82) is 0 Å². The van der Waals surface area contributed by atoms with E-state index in [9.17, 15) is 14.7 Å². The Labute approximate surface area is 117 Å². The van der Waals surface area contributed by atoms with Crippen molar-refractivity contribution >= 4 is 11.9 Å². The third kappa shape index (κ3) is 1.85. The Morgan fingerprint density at radius 3 is 2.70 bits per heavy atom. The highest BCUT2D eigenvalue weighted by molar-refractivity contribution is 6.04. The molecule has 0 radical (unpaired) electrons. The average Bonchev–Trinajstić information content (AvgIpc) is 3.27. The lowest BCUT2D eigenvalue weighted by Crippen LogP contribution is -2.43. The summed E-state index contributed by atoms with van der Waals surface area (Å²) in [6, 6.07) is 5.78. The lowest BCUT2D eigenvalue weighted by molar-refractivity contribution is -0.153. The molecule has 0 atom stereocenters. The third-order valence-corrected chi connectivity index (χ3v) is 4.30. The number of hydrogen-bond acceptors (Lipinski definition) is 3. The van der Waals surface area contributed by atoms with Crippen LogP contribution in [-0.4, -0.2) is 35.5 Å². The number of fused-ring (bicyclic) bond motifs is 1. The molecule has 1 aromatic rings. The Bertz CT molecular complexity index is 577. The molecule has 1 heterocycles. The molecule has 20 heavy (non-hydrogen) atoms. The van der Waals surface area contributed by atoms with E-state index in [-0.39, 0.29) is 5.91 Å². The van der Waals surface area contributed by atoms with Gasteiger partial charge in [0.2, 0.25) is 5.91 Å². The average molecular weight is 275 g/mol. The van der Waals surface area contributed by atoms with Gasteiger partial charge in [0.15, 0.2) is 0 Å². The van der Waals surface area contributed by atoms with Crippen LogP contribution in [0.1, 0.15) is 24.0 Å². The molecular weight excluding hydrogens is 258 g/mol. The minimum Gasteiger partial charge on any atom is -0.496 e. The number of methoxy groups -OCH3 is 1. The molecule has 1 saturated carbocycles. The predicted molar refractivity (Wildman–Crippen MR) is 71.4 cm³/mol. The monoisotopic (exact) mass is 275 g/mol. The molecule has 0 bridgehead atoms. The summed E-state index contributed by atoms with van der Waals surface area (Å²) in [4.78, 5) is 25.3. The first kappa shape index (κ1) is 13.0. The summed E-state index contributed by atoms with van der Waals surface area (Å²) in [6.07, 6.45) is 1.63. The van der Waals surface area contributed by atoms with Gasteiger partial charge in [-0.25, -0.2) is 0 Å². The van der Waals surface area contributed by atoms with Crippen LogP contribution < -0.4 is 4.74 Å². The van der Waals surface area contributed by atoms with Crippen LogP contribution in [0.4, 0.5) is 0 Å². The number of amides is 1. The fourth-order valence-electron chi connectivity index (χ4n) is 2.89. The van der Waals surface area contributed by atoms with Crippen LogP contribution in [0, 0.1) is 5.41 Å². The molecule has 5 heteroatoms. The Balaban J connectivity index is 1.83. The Morgan fingerprint density at radius 1 is 1.35 bits per heavy atom. The molecule has 0 saturated heterocycles. The number of ether oxygens (including phenoxy) is 1. The summed E-state index contributed by atoms with van der Waals surface area (Å²) in [6.45, 7) is 1.03. The zero-order valence-corrected chi connectivity index (χ0v) is 11.4. The van der Waals surface area contributed by atoms with Crippen LogP contribution in [-0.2, 0) is 22.6 Å². The summed E-state index contributed by atoms with van der Waals surface area (Å²) in [7, 11) is 1.64. The number of carbonyl (C=O) groups is 2. The molecule has 1 aliphatic heterocycles. The number of carbonyl (C=O) groups excluding carboxylic acids is 1. The minimum atomic E-state index is -1.14. The van der Waals surface area contributed by atoms with Gasteiger partial charge in [0.1, 0.15) is 11.2 Å². The first-order valence-electron chi connectivity index (χ1n) is 6.76. The molecule has 0 spiro atoms. The smallest absolute Gasteiger partial charge is 0.319 e. The molecule has 106 valence electrons. The molecule has 1 aromatic carbocycles. The van der Waals surface area contributed by atoms with Crippen molar-refractivity contribution in [1.82, 2.24) is 4.90 Å². The fraction of sp³-hybridized carbons (Fsp3) is 0.467. The first-order valence-corrected chi connectivity index (χ1v) is 6.76. The topological polar surface area (TPSA) is 66.8 Å². The molecule has 0 unspecified atom stereocenters. The number of hydrogen-bond donors (Lipinski definition) is 1. The maximum Gasteiger partial charge on any atom is 0.319 e. The summed E-state index contributed by atoms with van der Waals surface area (Å²) in [5.41, 5.74) is 1.03. The van der Waals surface area contributed by atoms with E-state index in [1.165, 1.54) is 0 Å². The van der Waals surface area contributed by atoms with Gasteiger partial charge in [-0.3, -0.25) is 9.59 Å². The molecule has 3 rings (SSSR count). The highest BCUT2D eigenvalue weighted by Gasteiger charge is 2.58. The highest BCUT2D eigenvalue weighted by atomic mass is 16.5. The van der Waals surface area contributed by atoms with E-state index >= 15 is 0 Å². The van der Waals surface area contributed by atoms with Crippen LogP contribution in [0.3, 0.4) is 0 Å². The van der Waals surface area contributed by atoms with Crippen molar-refractivity contribution in [3.63, 3.8) is 0 Å². The van der Waals surface area contributed by atoms with Gasteiger partial charge in [-0.1, -0.05) is 12.1 Å². The fourth-order valence-corrected chi connectivity index (χ4v) is 2.89. The second kappa shape index (κ2) is 4.51. The van der Waals surface area contributed by atoms with Gasteiger partial charge in [0.05, 0.1) is 7.11 Å². The van der Waals surface area contributed by atoms with Gasteiger partial charge < -0.3 is 14.7 Å². The van der Waals surface area contributed by atoms with E-state index in [1.807, 2.05) is 18.2 Å². The summed E-state index contributed by atoms with van der Waals surface area (Å²) >= 11 is 0. The number of nitrogens with zero attached hydrogens (tertiary/aromatic N) is 1. The predicted octanol–water partition coefficient (Wildman–Crippen LogP) is 1.44. The highest BCUT2D eigenvalue weighted by Crippen LogP contribution is 2.48. The molecule has 2 aliphatic rings. The van der Waals surface area contributed by atoms with Gasteiger partial charge in [-0.2, -0.15) is 0 Å². The molecule has 1 fully saturated rings. The van der Waals surface area contributed by atoms with Gasteiger partial charge in [-0.15, -0.1) is 0 Å². The first-order chi connectivity index (χ1) is 9.58. The molecule has 1 N–H and O–H groups in total. The van der Waals surface area contributed by atoms with Crippen LogP contribution >= 0.6 is 0 Å². The largest absolute Gasteiger partial charge is 0.496 e. The Morgan fingerprint density at radius 2 is 2.10 bits per heavy atom.